The predicted molar refractivity (Wildman–Crippen MR) is 67.6 cm³/mol. The number of benzene rings is 1. The highest BCUT2D eigenvalue weighted by Crippen LogP contribution is 2.05. The molecule has 1 aromatic carbocycles. The summed E-state index contributed by atoms with van der Waals surface area (Å²) in [5, 5.41) is 15.2. The SMILES string of the molecule is [NH3+]CCC[NH2+][C@H](CC(=O)Nc1ccccc1)C(=O)[O-]. The minimum absolute atomic E-state index is 0.103. The fraction of sp³-hybridized carbons (Fsp3) is 0.385. The lowest BCUT2D eigenvalue weighted by atomic mass is 10.2. The Labute approximate surface area is 112 Å². The number of hydrogen-bond donors (Lipinski definition) is 3. The van der Waals surface area contributed by atoms with Crippen LogP contribution in [0.2, 0.25) is 0 Å². The smallest absolute Gasteiger partial charge is 0.230 e. The van der Waals surface area contributed by atoms with Crippen molar-refractivity contribution in [2.75, 3.05) is 18.4 Å². The lowest BCUT2D eigenvalue weighted by molar-refractivity contribution is -0.684. The molecule has 0 unspecified atom stereocenters. The normalized spacial score (nSPS) is 11.8. The van der Waals surface area contributed by atoms with Crippen LogP contribution in [0, 0.1) is 0 Å². The molecule has 1 rings (SSSR count). The lowest BCUT2D eigenvalue weighted by Gasteiger charge is -2.16. The number of carboxylic acids is 1. The number of carbonyl (C=O) groups is 2. The number of quaternary nitrogens is 2. The predicted octanol–water partition coefficient (Wildman–Crippen LogP) is -2.67. The summed E-state index contributed by atoms with van der Waals surface area (Å²) in [7, 11) is 0. The molecule has 0 aliphatic rings. The Morgan fingerprint density at radius 2 is 2.00 bits per heavy atom. The van der Waals surface area contributed by atoms with Gasteiger partial charge in [-0.1, -0.05) is 18.2 Å². The van der Waals surface area contributed by atoms with E-state index in [4.69, 9.17) is 0 Å². The Morgan fingerprint density at radius 3 is 2.58 bits per heavy atom. The van der Waals surface area contributed by atoms with E-state index in [1.807, 2.05) is 6.07 Å². The van der Waals surface area contributed by atoms with Crippen LogP contribution in [0.5, 0.6) is 0 Å². The molecule has 1 amide bonds. The molecule has 1 aromatic rings. The highest BCUT2D eigenvalue weighted by molar-refractivity contribution is 5.93. The molecule has 6 nitrogen and oxygen atoms in total. The molecule has 0 aromatic heterocycles. The minimum atomic E-state index is -1.22. The Hall–Kier alpha value is -1.92. The fourth-order valence-corrected chi connectivity index (χ4v) is 1.66. The molecule has 0 saturated heterocycles. The van der Waals surface area contributed by atoms with Crippen molar-refractivity contribution >= 4 is 17.6 Å². The van der Waals surface area contributed by atoms with Gasteiger partial charge in [0.1, 0.15) is 6.04 Å². The molecule has 6 N–H and O–H groups in total. The second-order valence-corrected chi connectivity index (χ2v) is 4.28. The molecule has 0 fully saturated rings. The second kappa shape index (κ2) is 8.23. The number of nitrogens with one attached hydrogen (secondary N) is 1. The van der Waals surface area contributed by atoms with Crippen LogP contribution in [-0.4, -0.2) is 31.0 Å². The average molecular weight is 266 g/mol. The van der Waals surface area contributed by atoms with Crippen molar-refractivity contribution in [2.24, 2.45) is 0 Å². The van der Waals surface area contributed by atoms with Gasteiger partial charge in [0.2, 0.25) is 5.91 Å². The third-order valence-corrected chi connectivity index (χ3v) is 2.67. The van der Waals surface area contributed by atoms with Crippen molar-refractivity contribution in [2.45, 2.75) is 18.9 Å². The third kappa shape index (κ3) is 5.98. The maximum absolute atomic E-state index is 11.7. The number of para-hydroxylation sites is 1. The minimum Gasteiger partial charge on any atom is -0.544 e. The van der Waals surface area contributed by atoms with E-state index in [9.17, 15) is 14.7 Å². The number of amides is 1. The first-order chi connectivity index (χ1) is 9.13. The summed E-state index contributed by atoms with van der Waals surface area (Å²) in [5.41, 5.74) is 4.34. The van der Waals surface area contributed by atoms with Crippen molar-refractivity contribution < 1.29 is 25.7 Å². The van der Waals surface area contributed by atoms with Gasteiger partial charge in [-0.05, 0) is 12.1 Å². The molecule has 104 valence electrons. The summed E-state index contributed by atoms with van der Waals surface area (Å²) in [6.45, 7) is 1.37. The van der Waals surface area contributed by atoms with E-state index in [2.05, 4.69) is 11.1 Å². The van der Waals surface area contributed by atoms with E-state index in [1.54, 1.807) is 29.6 Å². The van der Waals surface area contributed by atoms with Crippen LogP contribution in [0.3, 0.4) is 0 Å². The maximum Gasteiger partial charge on any atom is 0.230 e. The second-order valence-electron chi connectivity index (χ2n) is 4.28. The first-order valence-electron chi connectivity index (χ1n) is 6.32. The van der Waals surface area contributed by atoms with Crippen molar-refractivity contribution in [3.05, 3.63) is 30.3 Å². The van der Waals surface area contributed by atoms with E-state index in [-0.39, 0.29) is 12.3 Å². The summed E-state index contributed by atoms with van der Waals surface area (Å²) in [6, 6.07) is 8.08. The number of rotatable bonds is 8. The first kappa shape index (κ1) is 15.1. The number of nitrogens with two attached hydrogens (primary N) is 1. The molecule has 0 heterocycles. The summed E-state index contributed by atoms with van der Waals surface area (Å²) in [6.07, 6.45) is 0.707. The number of aliphatic carboxylic acids is 1. The monoisotopic (exact) mass is 266 g/mol. The van der Waals surface area contributed by atoms with Gasteiger partial charge in [0, 0.05) is 12.1 Å². The molecule has 0 bridgehead atoms. The molecule has 0 aliphatic carbocycles. The topological polar surface area (TPSA) is 113 Å². The summed E-state index contributed by atoms with van der Waals surface area (Å²) < 4.78 is 0. The van der Waals surface area contributed by atoms with Gasteiger partial charge in [-0.25, -0.2) is 0 Å². The average Bonchev–Trinajstić information content (AvgIpc) is 2.38. The molecule has 0 radical (unpaired) electrons. The Balaban J connectivity index is 2.45. The summed E-state index contributed by atoms with van der Waals surface area (Å²) >= 11 is 0. The molecule has 0 saturated carbocycles. The van der Waals surface area contributed by atoms with Crippen LogP contribution in [0.4, 0.5) is 5.69 Å². The molecular formula is C13H20N3O3+. The zero-order valence-corrected chi connectivity index (χ0v) is 10.8. The van der Waals surface area contributed by atoms with E-state index < -0.39 is 12.0 Å². The number of carboxylic acid groups (broad SMARTS) is 1. The lowest BCUT2D eigenvalue weighted by Crippen LogP contribution is -2.93. The molecule has 0 spiro atoms. The van der Waals surface area contributed by atoms with E-state index in [0.29, 0.717) is 12.2 Å². The van der Waals surface area contributed by atoms with Crippen LogP contribution in [-0.2, 0) is 9.59 Å². The van der Waals surface area contributed by atoms with Crippen molar-refractivity contribution in [1.29, 1.82) is 0 Å². The highest BCUT2D eigenvalue weighted by Gasteiger charge is 2.17. The van der Waals surface area contributed by atoms with Gasteiger partial charge in [-0.2, -0.15) is 0 Å². The van der Waals surface area contributed by atoms with Crippen LogP contribution in [0.1, 0.15) is 12.8 Å². The van der Waals surface area contributed by atoms with Gasteiger partial charge in [-0.3, -0.25) is 4.79 Å². The molecular weight excluding hydrogens is 246 g/mol. The standard InChI is InChI=1S/C13H19N3O3/c14-7-4-8-15-11(13(18)19)9-12(17)16-10-5-2-1-3-6-10/h1-3,5-6,11,15H,4,7-9,14H2,(H,16,17)(H,18,19)/p+1/t11-/m1/s1. The maximum atomic E-state index is 11.7. The van der Waals surface area contributed by atoms with Crippen molar-refractivity contribution in [1.82, 2.24) is 0 Å². The largest absolute Gasteiger partial charge is 0.544 e. The Bertz CT molecular complexity index is 409. The molecule has 0 aliphatic heterocycles. The van der Waals surface area contributed by atoms with Gasteiger partial charge in [0.15, 0.2) is 0 Å². The number of hydrogen-bond acceptors (Lipinski definition) is 3. The Kier molecular flexibility index (Phi) is 6.56. The van der Waals surface area contributed by atoms with Gasteiger partial charge in [-0.15, -0.1) is 0 Å². The Morgan fingerprint density at radius 1 is 1.32 bits per heavy atom. The van der Waals surface area contributed by atoms with Crippen LogP contribution in [0.15, 0.2) is 30.3 Å². The van der Waals surface area contributed by atoms with Gasteiger partial charge in [0.05, 0.1) is 25.5 Å². The fourth-order valence-electron chi connectivity index (χ4n) is 1.66. The van der Waals surface area contributed by atoms with Crippen LogP contribution in [0.25, 0.3) is 0 Å². The van der Waals surface area contributed by atoms with E-state index in [1.165, 1.54) is 0 Å². The molecule has 6 heteroatoms. The highest BCUT2D eigenvalue weighted by atomic mass is 16.4. The quantitative estimate of drug-likeness (QED) is 0.446. The van der Waals surface area contributed by atoms with Crippen LogP contribution < -0.4 is 21.5 Å². The summed E-state index contributed by atoms with van der Waals surface area (Å²) in [5.74, 6) is -1.54. The summed E-state index contributed by atoms with van der Waals surface area (Å²) in [4.78, 5) is 22.7. The number of carbonyl (C=O) groups excluding carboxylic acids is 2. The van der Waals surface area contributed by atoms with E-state index in [0.717, 1.165) is 13.0 Å². The van der Waals surface area contributed by atoms with Gasteiger partial charge >= 0.3 is 0 Å². The third-order valence-electron chi connectivity index (χ3n) is 2.67. The first-order valence-corrected chi connectivity index (χ1v) is 6.32. The number of anilines is 1. The molecule has 19 heavy (non-hydrogen) atoms. The van der Waals surface area contributed by atoms with Crippen molar-refractivity contribution in [3.63, 3.8) is 0 Å². The van der Waals surface area contributed by atoms with Crippen molar-refractivity contribution in [3.8, 4) is 0 Å². The van der Waals surface area contributed by atoms with Gasteiger partial charge < -0.3 is 26.3 Å². The molecule has 1 atom stereocenters. The van der Waals surface area contributed by atoms with E-state index >= 15 is 0 Å². The zero-order chi connectivity index (χ0) is 14.1. The zero-order valence-electron chi connectivity index (χ0n) is 10.8. The van der Waals surface area contributed by atoms with Crippen LogP contribution >= 0.6 is 0 Å². The van der Waals surface area contributed by atoms with Gasteiger partial charge in [0.25, 0.3) is 0 Å².